The summed E-state index contributed by atoms with van der Waals surface area (Å²) in [6.07, 6.45) is 25.3. The number of anilines is 2. The Balaban J connectivity index is 1.29. The van der Waals surface area contributed by atoms with E-state index in [1.807, 2.05) is 11.8 Å². The summed E-state index contributed by atoms with van der Waals surface area (Å²) in [6, 6.07) is 17.4. The zero-order valence-corrected chi connectivity index (χ0v) is 24.8. The molecule has 1 aliphatic heterocycles. The van der Waals surface area contributed by atoms with Gasteiger partial charge in [0.05, 0.1) is 18.0 Å². The third-order valence-corrected chi connectivity index (χ3v) is 8.70. The highest BCUT2D eigenvalue weighted by molar-refractivity contribution is 7.99. The molecule has 1 heterocycles. The Bertz CT molecular complexity index is 869. The highest BCUT2D eigenvalue weighted by atomic mass is 32.2. The second-order valence-electron chi connectivity index (χ2n) is 10.7. The van der Waals surface area contributed by atoms with E-state index in [1.54, 1.807) is 0 Å². The molecule has 38 heavy (non-hydrogen) atoms. The lowest BCUT2D eigenvalue weighted by atomic mass is 10.0. The molecule has 0 saturated heterocycles. The van der Waals surface area contributed by atoms with Crippen LogP contribution in [-0.2, 0) is 0 Å². The average molecular weight is 537 g/mol. The van der Waals surface area contributed by atoms with Crippen molar-refractivity contribution in [1.29, 1.82) is 0 Å². The molecule has 1 aliphatic rings. The second kappa shape index (κ2) is 19.2. The van der Waals surface area contributed by atoms with Gasteiger partial charge in [0.1, 0.15) is 0 Å². The first kappa shape index (κ1) is 30.6. The Morgan fingerprint density at radius 1 is 0.684 bits per heavy atom. The Morgan fingerprint density at radius 2 is 1.18 bits per heavy atom. The number of aliphatic hydroxyl groups is 1. The number of hydrogen-bond acceptors (Lipinski definition) is 4. The van der Waals surface area contributed by atoms with E-state index in [1.165, 1.54) is 111 Å². The summed E-state index contributed by atoms with van der Waals surface area (Å²) in [5, 5.41) is 9.63. The van der Waals surface area contributed by atoms with Crippen molar-refractivity contribution >= 4 is 23.1 Å². The second-order valence-corrected chi connectivity index (χ2v) is 11.8. The normalized spacial score (nSPS) is 12.6. The highest BCUT2D eigenvalue weighted by Gasteiger charge is 2.22. The summed E-state index contributed by atoms with van der Waals surface area (Å²) in [7, 11) is 0. The molecule has 2 aromatic rings. The maximum atomic E-state index is 9.63. The van der Waals surface area contributed by atoms with Crippen LogP contribution in [0.25, 0.3) is 0 Å². The van der Waals surface area contributed by atoms with Crippen LogP contribution in [-0.4, -0.2) is 36.2 Å². The first-order valence-electron chi connectivity index (χ1n) is 15.5. The van der Waals surface area contributed by atoms with Crippen LogP contribution in [0.4, 0.5) is 11.4 Å². The molecule has 3 rings (SSSR count). The molecule has 1 N–H and O–H groups in total. The van der Waals surface area contributed by atoms with Crippen LogP contribution in [0.15, 0.2) is 70.6 Å². The molecule has 0 bridgehead atoms. The number of nitrogens with zero attached hydrogens (tertiary/aromatic N) is 2. The minimum absolute atomic E-state index is 0.187. The third-order valence-electron chi connectivity index (χ3n) is 7.57. The Kier molecular flexibility index (Phi) is 15.5. The number of benzene rings is 2. The summed E-state index contributed by atoms with van der Waals surface area (Å²) in [5.74, 6) is 0. The van der Waals surface area contributed by atoms with Crippen LogP contribution >= 0.6 is 11.8 Å². The first-order valence-corrected chi connectivity index (χ1v) is 16.3. The van der Waals surface area contributed by atoms with E-state index < -0.39 is 0 Å². The number of hydrogen-bond donors (Lipinski definition) is 1. The first-order chi connectivity index (χ1) is 18.8. The monoisotopic (exact) mass is 536 g/mol. The van der Waals surface area contributed by atoms with E-state index in [0.29, 0.717) is 6.54 Å². The Labute approximate surface area is 237 Å². The lowest BCUT2D eigenvalue weighted by molar-refractivity contribution is 0.238. The van der Waals surface area contributed by atoms with Gasteiger partial charge in [0, 0.05) is 29.4 Å². The van der Waals surface area contributed by atoms with Crippen LogP contribution in [0.5, 0.6) is 0 Å². The van der Waals surface area contributed by atoms with Crippen molar-refractivity contribution in [1.82, 2.24) is 4.90 Å². The highest BCUT2D eigenvalue weighted by Crippen LogP contribution is 2.47. The lowest BCUT2D eigenvalue weighted by Crippen LogP contribution is -2.32. The average Bonchev–Trinajstić information content (AvgIpc) is 2.94. The van der Waals surface area contributed by atoms with Gasteiger partial charge >= 0.3 is 0 Å². The Morgan fingerprint density at radius 3 is 1.71 bits per heavy atom. The standard InChI is InChI=1S/C34H52N2OS/c1-2-3-4-5-6-7-8-9-10-11-12-13-14-15-16-21-26-35(29-30-37)27-28-36-31-22-17-19-24-33(31)38-34-25-20-18-23-32(34)36/h17-26,37H,2-16,27-30H2,1H3. The van der Waals surface area contributed by atoms with E-state index in [2.05, 4.69) is 77.5 Å². The number of rotatable bonds is 21. The summed E-state index contributed by atoms with van der Waals surface area (Å²) in [5.41, 5.74) is 2.57. The molecule has 0 amide bonds. The van der Waals surface area contributed by atoms with Gasteiger partial charge in [0.25, 0.3) is 0 Å². The smallest absolute Gasteiger partial charge is 0.0606 e. The Hall–Kier alpha value is -1.91. The van der Waals surface area contributed by atoms with Crippen LogP contribution < -0.4 is 4.90 Å². The van der Waals surface area contributed by atoms with Crippen LogP contribution in [0, 0.1) is 0 Å². The number of allylic oxidation sites excluding steroid dienone is 1. The fourth-order valence-electron chi connectivity index (χ4n) is 5.32. The quantitative estimate of drug-likeness (QED) is 0.161. The molecule has 0 unspecified atom stereocenters. The molecule has 210 valence electrons. The fourth-order valence-corrected chi connectivity index (χ4v) is 6.42. The van der Waals surface area contributed by atoms with Crippen molar-refractivity contribution in [3.63, 3.8) is 0 Å². The van der Waals surface area contributed by atoms with Crippen molar-refractivity contribution < 1.29 is 5.11 Å². The molecule has 0 spiro atoms. The SMILES string of the molecule is CCCCCCCCCCCCCCCCC=CN(CCO)CCN1c2ccccc2Sc2ccccc21. The molecule has 0 aromatic heterocycles. The van der Waals surface area contributed by atoms with Gasteiger partial charge in [0.15, 0.2) is 0 Å². The molecule has 2 aromatic carbocycles. The van der Waals surface area contributed by atoms with Gasteiger partial charge in [-0.3, -0.25) is 0 Å². The number of unbranched alkanes of at least 4 members (excludes halogenated alkanes) is 14. The summed E-state index contributed by atoms with van der Waals surface area (Å²) < 4.78 is 0. The predicted molar refractivity (Wildman–Crippen MR) is 167 cm³/mol. The van der Waals surface area contributed by atoms with Gasteiger partial charge in [-0.05, 0) is 43.3 Å². The van der Waals surface area contributed by atoms with Gasteiger partial charge in [-0.25, -0.2) is 0 Å². The third kappa shape index (κ3) is 11.1. The number of para-hydroxylation sites is 2. The summed E-state index contributed by atoms with van der Waals surface area (Å²) >= 11 is 1.85. The fraction of sp³-hybridized carbons (Fsp3) is 0.588. The number of aliphatic hydroxyl groups excluding tert-OH is 1. The molecule has 3 nitrogen and oxygen atoms in total. The van der Waals surface area contributed by atoms with Gasteiger partial charge in [-0.1, -0.05) is 132 Å². The molecule has 0 radical (unpaired) electrons. The summed E-state index contributed by atoms with van der Waals surface area (Å²) in [4.78, 5) is 7.34. The number of fused-ring (bicyclic) bond motifs is 2. The largest absolute Gasteiger partial charge is 0.395 e. The van der Waals surface area contributed by atoms with E-state index in [-0.39, 0.29) is 6.61 Å². The molecule has 0 saturated carbocycles. The van der Waals surface area contributed by atoms with Crippen molar-refractivity contribution in [2.45, 2.75) is 113 Å². The minimum Gasteiger partial charge on any atom is -0.395 e. The van der Waals surface area contributed by atoms with E-state index >= 15 is 0 Å². The van der Waals surface area contributed by atoms with E-state index in [9.17, 15) is 5.11 Å². The van der Waals surface area contributed by atoms with Gasteiger partial charge in [-0.15, -0.1) is 0 Å². The van der Waals surface area contributed by atoms with Crippen molar-refractivity contribution in [3.05, 3.63) is 60.8 Å². The topological polar surface area (TPSA) is 26.7 Å². The summed E-state index contributed by atoms with van der Waals surface area (Å²) in [6.45, 7) is 4.95. The van der Waals surface area contributed by atoms with Crippen LogP contribution in [0.2, 0.25) is 0 Å². The maximum Gasteiger partial charge on any atom is 0.0606 e. The molecular formula is C34H52N2OS. The van der Waals surface area contributed by atoms with Crippen LogP contribution in [0.3, 0.4) is 0 Å². The predicted octanol–water partition coefficient (Wildman–Crippen LogP) is 9.97. The van der Waals surface area contributed by atoms with Gasteiger partial charge in [0.2, 0.25) is 0 Å². The molecular weight excluding hydrogens is 484 g/mol. The molecule has 4 heteroatoms. The molecule has 0 fully saturated rings. The van der Waals surface area contributed by atoms with Crippen molar-refractivity contribution in [3.8, 4) is 0 Å². The minimum atomic E-state index is 0.187. The van der Waals surface area contributed by atoms with Crippen LogP contribution in [0.1, 0.15) is 103 Å². The maximum absolute atomic E-state index is 9.63. The van der Waals surface area contributed by atoms with E-state index in [0.717, 1.165) is 19.5 Å². The van der Waals surface area contributed by atoms with Gasteiger partial charge in [-0.2, -0.15) is 0 Å². The zero-order chi connectivity index (χ0) is 26.7. The van der Waals surface area contributed by atoms with Crippen molar-refractivity contribution in [2.24, 2.45) is 0 Å². The van der Waals surface area contributed by atoms with E-state index in [4.69, 9.17) is 0 Å². The molecule has 0 atom stereocenters. The van der Waals surface area contributed by atoms with Gasteiger partial charge < -0.3 is 14.9 Å². The molecule has 0 aliphatic carbocycles. The lowest BCUT2D eigenvalue weighted by Gasteiger charge is -2.34. The van der Waals surface area contributed by atoms with Crippen molar-refractivity contribution in [2.75, 3.05) is 31.1 Å². The zero-order valence-electron chi connectivity index (χ0n) is 24.0.